The first kappa shape index (κ1) is 19.4. The number of nitrogens with zero attached hydrogens (tertiary/aromatic N) is 2. The third-order valence-electron chi connectivity index (χ3n) is 4.08. The highest BCUT2D eigenvalue weighted by atomic mass is 16.5. The van der Waals surface area contributed by atoms with Crippen LogP contribution < -0.4 is 14.8 Å². The van der Waals surface area contributed by atoms with Crippen LogP contribution in [0.5, 0.6) is 11.5 Å². The molecule has 0 saturated heterocycles. The van der Waals surface area contributed by atoms with Gasteiger partial charge in [0.1, 0.15) is 0 Å². The molecule has 0 saturated carbocycles. The third kappa shape index (κ3) is 4.49. The van der Waals surface area contributed by atoms with E-state index in [0.717, 1.165) is 16.8 Å². The lowest BCUT2D eigenvalue weighted by molar-refractivity contribution is -0.116. The Kier molecular flexibility index (Phi) is 5.93. The summed E-state index contributed by atoms with van der Waals surface area (Å²) in [4.78, 5) is 16.3. The summed E-state index contributed by atoms with van der Waals surface area (Å²) >= 11 is 0. The minimum absolute atomic E-state index is 0.00344. The van der Waals surface area contributed by atoms with E-state index in [1.807, 2.05) is 44.2 Å². The number of benzene rings is 2. The standard InChI is InChI=1S/C21H23N3O4/c1-13(2)11-19(25)22-16-8-5-14(6-9-16)21-23-20(24-28-21)15-7-10-17(26-3)18(12-15)27-4/h5-10,12-13H,11H2,1-4H3,(H,22,25). The van der Waals surface area contributed by atoms with Gasteiger partial charge < -0.3 is 19.3 Å². The van der Waals surface area contributed by atoms with E-state index in [2.05, 4.69) is 15.5 Å². The van der Waals surface area contributed by atoms with Gasteiger partial charge in [0.2, 0.25) is 11.7 Å². The summed E-state index contributed by atoms with van der Waals surface area (Å²) in [5.74, 6) is 2.37. The minimum atomic E-state index is -0.00344. The molecule has 0 unspecified atom stereocenters. The van der Waals surface area contributed by atoms with Crippen molar-refractivity contribution in [2.75, 3.05) is 19.5 Å². The van der Waals surface area contributed by atoms with Gasteiger partial charge in [-0.05, 0) is 48.4 Å². The molecule has 1 amide bonds. The lowest BCUT2D eigenvalue weighted by Gasteiger charge is -2.07. The van der Waals surface area contributed by atoms with Gasteiger partial charge in [-0.15, -0.1) is 0 Å². The number of carbonyl (C=O) groups is 1. The van der Waals surface area contributed by atoms with Gasteiger partial charge in [-0.25, -0.2) is 0 Å². The normalized spacial score (nSPS) is 10.8. The van der Waals surface area contributed by atoms with Gasteiger partial charge in [-0.2, -0.15) is 4.98 Å². The summed E-state index contributed by atoms with van der Waals surface area (Å²) in [6, 6.07) is 12.7. The van der Waals surface area contributed by atoms with Gasteiger partial charge in [0.25, 0.3) is 5.89 Å². The van der Waals surface area contributed by atoms with Gasteiger partial charge >= 0.3 is 0 Å². The number of hydrogen-bond acceptors (Lipinski definition) is 6. The molecule has 7 heteroatoms. The van der Waals surface area contributed by atoms with Crippen LogP contribution in [-0.4, -0.2) is 30.3 Å². The summed E-state index contributed by atoms with van der Waals surface area (Å²) in [7, 11) is 3.16. The van der Waals surface area contributed by atoms with Crippen molar-refractivity contribution in [2.45, 2.75) is 20.3 Å². The van der Waals surface area contributed by atoms with Gasteiger partial charge in [0.15, 0.2) is 11.5 Å². The summed E-state index contributed by atoms with van der Waals surface area (Å²) in [6.45, 7) is 4.02. The monoisotopic (exact) mass is 381 g/mol. The predicted octanol–water partition coefficient (Wildman–Crippen LogP) is 4.41. The summed E-state index contributed by atoms with van der Waals surface area (Å²) in [5, 5.41) is 6.92. The predicted molar refractivity (Wildman–Crippen MR) is 106 cm³/mol. The molecule has 0 aliphatic heterocycles. The number of nitrogens with one attached hydrogen (secondary N) is 1. The number of anilines is 1. The Morgan fingerprint density at radius 3 is 2.36 bits per heavy atom. The molecule has 0 atom stereocenters. The molecule has 3 aromatic rings. The van der Waals surface area contributed by atoms with Gasteiger partial charge in [-0.3, -0.25) is 4.79 Å². The topological polar surface area (TPSA) is 86.5 Å². The number of carbonyl (C=O) groups excluding carboxylic acids is 1. The molecule has 1 heterocycles. The van der Waals surface area contributed by atoms with Gasteiger partial charge in [-0.1, -0.05) is 19.0 Å². The number of methoxy groups -OCH3 is 2. The van der Waals surface area contributed by atoms with Crippen molar-refractivity contribution in [1.82, 2.24) is 10.1 Å². The zero-order valence-electron chi connectivity index (χ0n) is 16.4. The summed E-state index contributed by atoms with van der Waals surface area (Å²) in [5.41, 5.74) is 2.25. The number of ether oxygens (including phenoxy) is 2. The van der Waals surface area contributed by atoms with Crippen molar-refractivity contribution in [3.05, 3.63) is 42.5 Å². The maximum Gasteiger partial charge on any atom is 0.258 e. The van der Waals surface area contributed by atoms with Crippen LogP contribution in [0.1, 0.15) is 20.3 Å². The van der Waals surface area contributed by atoms with Crippen molar-refractivity contribution in [3.63, 3.8) is 0 Å². The van der Waals surface area contributed by atoms with Crippen molar-refractivity contribution >= 4 is 11.6 Å². The van der Waals surface area contributed by atoms with Crippen LogP contribution in [0.3, 0.4) is 0 Å². The Labute approximate surface area is 163 Å². The van der Waals surface area contributed by atoms with E-state index in [4.69, 9.17) is 14.0 Å². The Balaban J connectivity index is 1.76. The second kappa shape index (κ2) is 8.56. The van der Waals surface area contributed by atoms with Gasteiger partial charge in [0.05, 0.1) is 14.2 Å². The fraction of sp³-hybridized carbons (Fsp3) is 0.286. The highest BCUT2D eigenvalue weighted by Gasteiger charge is 2.13. The number of amides is 1. The van der Waals surface area contributed by atoms with Crippen LogP contribution in [0.2, 0.25) is 0 Å². The first-order valence-electron chi connectivity index (χ1n) is 8.96. The molecule has 0 radical (unpaired) electrons. The lowest BCUT2D eigenvalue weighted by Crippen LogP contribution is -2.13. The van der Waals surface area contributed by atoms with Crippen molar-refractivity contribution < 1.29 is 18.8 Å². The second-order valence-corrected chi connectivity index (χ2v) is 6.72. The van der Waals surface area contributed by atoms with Crippen LogP contribution in [0.4, 0.5) is 5.69 Å². The SMILES string of the molecule is COc1ccc(-c2noc(-c3ccc(NC(=O)CC(C)C)cc3)n2)cc1OC. The van der Waals surface area contributed by atoms with E-state index in [9.17, 15) is 4.79 Å². The zero-order chi connectivity index (χ0) is 20.1. The highest BCUT2D eigenvalue weighted by molar-refractivity contribution is 5.91. The molecule has 0 aliphatic rings. The van der Waals surface area contributed by atoms with E-state index >= 15 is 0 Å². The number of aromatic nitrogens is 2. The summed E-state index contributed by atoms with van der Waals surface area (Å²) in [6.07, 6.45) is 0.486. The van der Waals surface area contributed by atoms with Crippen LogP contribution in [0.25, 0.3) is 22.8 Å². The van der Waals surface area contributed by atoms with Crippen LogP contribution >= 0.6 is 0 Å². The first-order chi connectivity index (χ1) is 13.5. The lowest BCUT2D eigenvalue weighted by atomic mass is 10.1. The smallest absolute Gasteiger partial charge is 0.258 e. The van der Waals surface area contributed by atoms with Crippen LogP contribution in [0, 0.1) is 5.92 Å². The van der Waals surface area contributed by atoms with E-state index < -0.39 is 0 Å². The molecule has 146 valence electrons. The quantitative estimate of drug-likeness (QED) is 0.652. The molecular weight excluding hydrogens is 358 g/mol. The number of hydrogen-bond donors (Lipinski definition) is 1. The van der Waals surface area contributed by atoms with E-state index in [1.54, 1.807) is 26.4 Å². The second-order valence-electron chi connectivity index (χ2n) is 6.72. The molecule has 7 nitrogen and oxygen atoms in total. The molecule has 0 aliphatic carbocycles. The summed E-state index contributed by atoms with van der Waals surface area (Å²) < 4.78 is 15.9. The maximum atomic E-state index is 11.9. The molecule has 28 heavy (non-hydrogen) atoms. The zero-order valence-corrected chi connectivity index (χ0v) is 16.4. The molecular formula is C21H23N3O4. The minimum Gasteiger partial charge on any atom is -0.493 e. The molecule has 0 spiro atoms. The Hall–Kier alpha value is -3.35. The van der Waals surface area contributed by atoms with Crippen molar-refractivity contribution in [3.8, 4) is 34.3 Å². The number of rotatable bonds is 7. The highest BCUT2D eigenvalue weighted by Crippen LogP contribution is 2.32. The van der Waals surface area contributed by atoms with Crippen molar-refractivity contribution in [1.29, 1.82) is 0 Å². The Morgan fingerprint density at radius 1 is 1.04 bits per heavy atom. The first-order valence-corrected chi connectivity index (χ1v) is 8.96. The molecule has 0 bridgehead atoms. The van der Waals surface area contributed by atoms with Crippen LogP contribution in [-0.2, 0) is 4.79 Å². The molecule has 1 aromatic heterocycles. The third-order valence-corrected chi connectivity index (χ3v) is 4.08. The average molecular weight is 381 g/mol. The van der Waals surface area contributed by atoms with E-state index in [0.29, 0.717) is 35.6 Å². The fourth-order valence-corrected chi connectivity index (χ4v) is 2.71. The maximum absolute atomic E-state index is 11.9. The van der Waals surface area contributed by atoms with Crippen molar-refractivity contribution in [2.24, 2.45) is 5.92 Å². The van der Waals surface area contributed by atoms with E-state index in [-0.39, 0.29) is 5.91 Å². The fourth-order valence-electron chi connectivity index (χ4n) is 2.71. The molecule has 3 rings (SSSR count). The van der Waals surface area contributed by atoms with E-state index in [1.165, 1.54) is 0 Å². The Morgan fingerprint density at radius 2 is 1.71 bits per heavy atom. The van der Waals surface area contributed by atoms with Gasteiger partial charge in [0, 0.05) is 23.2 Å². The molecule has 1 N–H and O–H groups in total. The largest absolute Gasteiger partial charge is 0.493 e. The Bertz CT molecular complexity index is 949. The molecule has 2 aromatic carbocycles. The average Bonchev–Trinajstić information content (AvgIpc) is 3.17. The molecule has 0 fully saturated rings. The van der Waals surface area contributed by atoms with Crippen LogP contribution in [0.15, 0.2) is 47.0 Å².